The van der Waals surface area contributed by atoms with E-state index < -0.39 is 10.0 Å². The summed E-state index contributed by atoms with van der Waals surface area (Å²) in [4.78, 5) is 4.16. The molecule has 0 aliphatic heterocycles. The molecule has 0 bridgehead atoms. The average Bonchev–Trinajstić information content (AvgIpc) is 3.15. The molecule has 0 radical (unpaired) electrons. The second-order valence-electron chi connectivity index (χ2n) is 6.27. The molecule has 1 atom stereocenters. The van der Waals surface area contributed by atoms with Gasteiger partial charge in [0, 0.05) is 5.69 Å². The third-order valence-corrected chi connectivity index (χ3v) is 5.79. The summed E-state index contributed by atoms with van der Waals surface area (Å²) in [5.74, 6) is 0.414. The Morgan fingerprint density at radius 3 is 2.35 bits per heavy atom. The summed E-state index contributed by atoms with van der Waals surface area (Å²) in [6.07, 6.45) is 4.14. The molecular formula is C19H22N4O2S. The molecule has 0 aliphatic rings. The zero-order valence-electron chi connectivity index (χ0n) is 14.8. The first kappa shape index (κ1) is 18.1. The second-order valence-corrected chi connectivity index (χ2v) is 7.96. The van der Waals surface area contributed by atoms with Crippen LogP contribution in [0.3, 0.4) is 0 Å². The summed E-state index contributed by atoms with van der Waals surface area (Å²) in [5.41, 5.74) is 2.68. The SMILES string of the molecule is CC[C@H](C)c1ccc(S(=O)(=O)Nc2ccc(Cn3cncn3)cc2)cc1. The van der Waals surface area contributed by atoms with Gasteiger partial charge in [0.25, 0.3) is 10.0 Å². The molecule has 26 heavy (non-hydrogen) atoms. The topological polar surface area (TPSA) is 76.9 Å². The van der Waals surface area contributed by atoms with Crippen molar-refractivity contribution in [3.05, 3.63) is 72.3 Å². The second kappa shape index (κ2) is 7.70. The number of aromatic nitrogens is 3. The van der Waals surface area contributed by atoms with Crippen LogP contribution in [0.15, 0.2) is 66.1 Å². The fourth-order valence-corrected chi connectivity index (χ4v) is 3.66. The number of anilines is 1. The lowest BCUT2D eigenvalue weighted by Crippen LogP contribution is -2.13. The van der Waals surface area contributed by atoms with Crippen LogP contribution in [0.2, 0.25) is 0 Å². The van der Waals surface area contributed by atoms with Gasteiger partial charge in [-0.15, -0.1) is 0 Å². The van der Waals surface area contributed by atoms with Crippen LogP contribution in [0.1, 0.15) is 37.3 Å². The Morgan fingerprint density at radius 1 is 1.08 bits per heavy atom. The van der Waals surface area contributed by atoms with E-state index in [2.05, 4.69) is 28.7 Å². The Kier molecular flexibility index (Phi) is 5.37. The van der Waals surface area contributed by atoms with E-state index in [0.717, 1.165) is 17.5 Å². The monoisotopic (exact) mass is 370 g/mol. The molecular weight excluding hydrogens is 348 g/mol. The third-order valence-electron chi connectivity index (χ3n) is 4.39. The van der Waals surface area contributed by atoms with Crippen LogP contribution >= 0.6 is 0 Å². The van der Waals surface area contributed by atoms with E-state index in [1.807, 2.05) is 24.3 Å². The molecule has 0 saturated heterocycles. The van der Waals surface area contributed by atoms with Gasteiger partial charge >= 0.3 is 0 Å². The maximum Gasteiger partial charge on any atom is 0.261 e. The summed E-state index contributed by atoms with van der Waals surface area (Å²) in [6, 6.07) is 14.3. The summed E-state index contributed by atoms with van der Waals surface area (Å²) >= 11 is 0. The van der Waals surface area contributed by atoms with Crippen LogP contribution < -0.4 is 4.72 Å². The predicted molar refractivity (Wildman–Crippen MR) is 102 cm³/mol. The van der Waals surface area contributed by atoms with Gasteiger partial charge in [-0.2, -0.15) is 5.10 Å². The molecule has 0 unspecified atom stereocenters. The number of nitrogens with one attached hydrogen (secondary N) is 1. The number of sulfonamides is 1. The molecule has 0 aliphatic carbocycles. The van der Waals surface area contributed by atoms with Crippen molar-refractivity contribution < 1.29 is 8.42 Å². The Hall–Kier alpha value is -2.67. The van der Waals surface area contributed by atoms with Gasteiger partial charge in [-0.25, -0.2) is 18.1 Å². The third kappa shape index (κ3) is 4.29. The molecule has 2 aromatic carbocycles. The van der Waals surface area contributed by atoms with Crippen LogP contribution in [-0.2, 0) is 16.6 Å². The molecule has 0 amide bonds. The first-order valence-electron chi connectivity index (χ1n) is 8.52. The zero-order valence-corrected chi connectivity index (χ0v) is 15.6. The summed E-state index contributed by atoms with van der Waals surface area (Å²) < 4.78 is 29.4. The first-order chi connectivity index (χ1) is 12.5. The number of rotatable bonds is 7. The molecule has 6 nitrogen and oxygen atoms in total. The molecule has 7 heteroatoms. The molecule has 136 valence electrons. The van der Waals surface area contributed by atoms with Crippen molar-refractivity contribution in [1.82, 2.24) is 14.8 Å². The molecule has 1 aromatic heterocycles. The van der Waals surface area contributed by atoms with E-state index in [-0.39, 0.29) is 4.90 Å². The van der Waals surface area contributed by atoms with E-state index >= 15 is 0 Å². The normalized spacial score (nSPS) is 12.7. The van der Waals surface area contributed by atoms with Crippen molar-refractivity contribution in [1.29, 1.82) is 0 Å². The number of nitrogens with zero attached hydrogens (tertiary/aromatic N) is 3. The van der Waals surface area contributed by atoms with Crippen LogP contribution in [-0.4, -0.2) is 23.2 Å². The summed E-state index contributed by atoms with van der Waals surface area (Å²) in [7, 11) is -3.60. The fourth-order valence-electron chi connectivity index (χ4n) is 2.60. The minimum absolute atomic E-state index is 0.260. The van der Waals surface area contributed by atoms with Crippen LogP contribution in [0, 0.1) is 0 Å². The Morgan fingerprint density at radius 2 is 1.77 bits per heavy atom. The van der Waals surface area contributed by atoms with Crippen LogP contribution in [0.4, 0.5) is 5.69 Å². The van der Waals surface area contributed by atoms with E-state index in [1.165, 1.54) is 6.33 Å². The molecule has 1 heterocycles. The zero-order chi connectivity index (χ0) is 18.6. The highest BCUT2D eigenvalue weighted by atomic mass is 32.2. The molecule has 3 aromatic rings. The molecule has 0 fully saturated rings. The van der Waals surface area contributed by atoms with E-state index in [4.69, 9.17) is 0 Å². The number of hydrogen-bond donors (Lipinski definition) is 1. The van der Waals surface area contributed by atoms with Gasteiger partial charge in [0.1, 0.15) is 12.7 Å². The standard InChI is InChI=1S/C19H22N4O2S/c1-3-15(2)17-6-10-19(11-7-17)26(24,25)22-18-8-4-16(5-9-18)12-23-14-20-13-21-23/h4-11,13-15,22H,3,12H2,1-2H3/t15-/m0/s1. The lowest BCUT2D eigenvalue weighted by atomic mass is 9.99. The smallest absolute Gasteiger partial charge is 0.261 e. The van der Waals surface area contributed by atoms with Crippen molar-refractivity contribution in [2.45, 2.75) is 37.6 Å². The largest absolute Gasteiger partial charge is 0.280 e. The van der Waals surface area contributed by atoms with Crippen molar-refractivity contribution >= 4 is 15.7 Å². The van der Waals surface area contributed by atoms with Crippen molar-refractivity contribution in [2.75, 3.05) is 4.72 Å². The van der Waals surface area contributed by atoms with Crippen LogP contribution in [0.5, 0.6) is 0 Å². The molecule has 1 N–H and O–H groups in total. The Balaban J connectivity index is 1.70. The van der Waals surface area contributed by atoms with Gasteiger partial charge in [0.15, 0.2) is 0 Å². The van der Waals surface area contributed by atoms with Crippen LogP contribution in [0.25, 0.3) is 0 Å². The van der Waals surface area contributed by atoms with Gasteiger partial charge in [0.2, 0.25) is 0 Å². The lowest BCUT2D eigenvalue weighted by molar-refractivity contribution is 0.601. The van der Waals surface area contributed by atoms with Crippen molar-refractivity contribution in [3.8, 4) is 0 Å². The van der Waals surface area contributed by atoms with E-state index in [9.17, 15) is 8.42 Å². The highest BCUT2D eigenvalue weighted by molar-refractivity contribution is 7.92. The lowest BCUT2D eigenvalue weighted by Gasteiger charge is -2.12. The van der Waals surface area contributed by atoms with Gasteiger partial charge in [0.05, 0.1) is 11.4 Å². The minimum atomic E-state index is -3.60. The molecule has 0 saturated carbocycles. The quantitative estimate of drug-likeness (QED) is 0.689. The van der Waals surface area contributed by atoms with Gasteiger partial charge in [-0.3, -0.25) is 4.72 Å². The highest BCUT2D eigenvalue weighted by Gasteiger charge is 2.14. The maximum absolute atomic E-state index is 12.6. The molecule has 3 rings (SSSR count). The highest BCUT2D eigenvalue weighted by Crippen LogP contribution is 2.22. The minimum Gasteiger partial charge on any atom is -0.280 e. The first-order valence-corrected chi connectivity index (χ1v) is 10.0. The number of benzene rings is 2. The Labute approximate surface area is 154 Å². The number of hydrogen-bond acceptors (Lipinski definition) is 4. The maximum atomic E-state index is 12.6. The van der Waals surface area contributed by atoms with E-state index in [0.29, 0.717) is 18.2 Å². The summed E-state index contributed by atoms with van der Waals surface area (Å²) in [6.45, 7) is 4.83. The summed E-state index contributed by atoms with van der Waals surface area (Å²) in [5, 5.41) is 4.05. The molecule has 0 spiro atoms. The fraction of sp³-hybridized carbons (Fsp3) is 0.263. The average molecular weight is 370 g/mol. The Bertz CT molecular complexity index is 934. The van der Waals surface area contributed by atoms with Crippen molar-refractivity contribution in [2.24, 2.45) is 0 Å². The van der Waals surface area contributed by atoms with Crippen molar-refractivity contribution in [3.63, 3.8) is 0 Å². The predicted octanol–water partition coefficient (Wildman–Crippen LogP) is 3.64. The van der Waals surface area contributed by atoms with Gasteiger partial charge < -0.3 is 0 Å². The van der Waals surface area contributed by atoms with Gasteiger partial charge in [-0.05, 0) is 47.7 Å². The van der Waals surface area contributed by atoms with E-state index in [1.54, 1.807) is 35.3 Å². The van der Waals surface area contributed by atoms with Gasteiger partial charge in [-0.1, -0.05) is 38.1 Å².